The van der Waals surface area contributed by atoms with Crippen molar-refractivity contribution in [3.63, 3.8) is 0 Å². The van der Waals surface area contributed by atoms with E-state index in [4.69, 9.17) is 0 Å². The van der Waals surface area contributed by atoms with Crippen LogP contribution in [0.25, 0.3) is 0 Å². The van der Waals surface area contributed by atoms with Gasteiger partial charge in [-0.1, -0.05) is 13.8 Å². The Morgan fingerprint density at radius 3 is 2.36 bits per heavy atom. The van der Waals surface area contributed by atoms with Gasteiger partial charge in [-0.05, 0) is 32.7 Å². The summed E-state index contributed by atoms with van der Waals surface area (Å²) >= 11 is 0. The van der Waals surface area contributed by atoms with Gasteiger partial charge in [-0.15, -0.1) is 0 Å². The van der Waals surface area contributed by atoms with Crippen molar-refractivity contribution in [3.05, 3.63) is 0 Å². The number of hydrogen-bond donors (Lipinski definition) is 2. The largest absolute Gasteiger partial charge is 0.393 e. The fourth-order valence-corrected chi connectivity index (χ4v) is 0.845. The molecular formula is C9H21NO. The van der Waals surface area contributed by atoms with Crippen LogP contribution >= 0.6 is 0 Å². The third-order valence-corrected chi connectivity index (χ3v) is 2.05. The van der Waals surface area contributed by atoms with E-state index in [1.54, 1.807) is 0 Å². The first kappa shape index (κ1) is 10.9. The fraction of sp³-hybridized carbons (Fsp3) is 1.00. The molecule has 0 radical (unpaired) electrons. The summed E-state index contributed by atoms with van der Waals surface area (Å²) in [6, 6.07) is 0.582. The molecule has 0 spiro atoms. The lowest BCUT2D eigenvalue weighted by molar-refractivity contribution is 0.158. The number of aliphatic hydroxyl groups is 1. The molecule has 11 heavy (non-hydrogen) atoms. The SMILES string of the molecule is CCC(O)CCNC(C)CC. The highest BCUT2D eigenvalue weighted by Gasteiger charge is 2.01. The second kappa shape index (κ2) is 6.62. The predicted octanol–water partition coefficient (Wildman–Crippen LogP) is 1.54. The summed E-state index contributed by atoms with van der Waals surface area (Å²) < 4.78 is 0. The highest BCUT2D eigenvalue weighted by Crippen LogP contribution is 1.95. The van der Waals surface area contributed by atoms with Gasteiger partial charge in [0.05, 0.1) is 6.10 Å². The van der Waals surface area contributed by atoms with Crippen LogP contribution in [0.1, 0.15) is 40.0 Å². The minimum atomic E-state index is -0.119. The minimum Gasteiger partial charge on any atom is -0.393 e. The van der Waals surface area contributed by atoms with Crippen LogP contribution in [0, 0.1) is 0 Å². The van der Waals surface area contributed by atoms with E-state index in [9.17, 15) is 5.11 Å². The maximum absolute atomic E-state index is 9.20. The van der Waals surface area contributed by atoms with Gasteiger partial charge in [-0.3, -0.25) is 0 Å². The molecular weight excluding hydrogens is 138 g/mol. The molecule has 0 rings (SSSR count). The molecule has 2 atom stereocenters. The van der Waals surface area contributed by atoms with Gasteiger partial charge >= 0.3 is 0 Å². The Balaban J connectivity index is 3.13. The van der Waals surface area contributed by atoms with Crippen LogP contribution in [0.15, 0.2) is 0 Å². The van der Waals surface area contributed by atoms with Crippen LogP contribution < -0.4 is 5.32 Å². The minimum absolute atomic E-state index is 0.119. The Morgan fingerprint density at radius 1 is 1.27 bits per heavy atom. The van der Waals surface area contributed by atoms with Crippen molar-refractivity contribution >= 4 is 0 Å². The van der Waals surface area contributed by atoms with E-state index in [-0.39, 0.29) is 6.10 Å². The van der Waals surface area contributed by atoms with E-state index in [2.05, 4.69) is 19.2 Å². The predicted molar refractivity (Wildman–Crippen MR) is 48.7 cm³/mol. The van der Waals surface area contributed by atoms with E-state index in [0.717, 1.165) is 25.8 Å². The standard InChI is InChI=1S/C9H21NO/c1-4-8(3)10-7-6-9(11)5-2/h8-11H,4-7H2,1-3H3. The van der Waals surface area contributed by atoms with Crippen LogP contribution in [0.2, 0.25) is 0 Å². The molecule has 0 heterocycles. The molecule has 0 saturated heterocycles. The maximum Gasteiger partial charge on any atom is 0.0549 e. The van der Waals surface area contributed by atoms with Crippen LogP contribution in [-0.2, 0) is 0 Å². The second-order valence-corrected chi connectivity index (χ2v) is 3.11. The fourth-order valence-electron chi connectivity index (χ4n) is 0.845. The Morgan fingerprint density at radius 2 is 1.91 bits per heavy atom. The number of rotatable bonds is 6. The summed E-state index contributed by atoms with van der Waals surface area (Å²) in [5, 5.41) is 12.5. The van der Waals surface area contributed by atoms with Crippen molar-refractivity contribution < 1.29 is 5.11 Å². The molecule has 2 nitrogen and oxygen atoms in total. The lowest BCUT2D eigenvalue weighted by Crippen LogP contribution is -2.28. The zero-order valence-electron chi connectivity index (χ0n) is 7.93. The van der Waals surface area contributed by atoms with Crippen LogP contribution in [0.4, 0.5) is 0 Å². The molecule has 0 aliphatic heterocycles. The quantitative estimate of drug-likeness (QED) is 0.616. The van der Waals surface area contributed by atoms with E-state index in [1.165, 1.54) is 0 Å². The van der Waals surface area contributed by atoms with Gasteiger partial charge < -0.3 is 10.4 Å². The third-order valence-electron chi connectivity index (χ3n) is 2.05. The zero-order valence-corrected chi connectivity index (χ0v) is 7.93. The smallest absolute Gasteiger partial charge is 0.0549 e. The van der Waals surface area contributed by atoms with Gasteiger partial charge in [-0.2, -0.15) is 0 Å². The molecule has 0 amide bonds. The van der Waals surface area contributed by atoms with Gasteiger partial charge in [0, 0.05) is 6.04 Å². The Hall–Kier alpha value is -0.0800. The summed E-state index contributed by atoms with van der Waals surface area (Å²) in [6.45, 7) is 7.27. The summed E-state index contributed by atoms with van der Waals surface area (Å²) in [6.07, 6.45) is 2.78. The first-order chi connectivity index (χ1) is 5.20. The summed E-state index contributed by atoms with van der Waals surface area (Å²) in [7, 11) is 0. The Kier molecular flexibility index (Phi) is 6.57. The Labute approximate surface area is 70.0 Å². The molecule has 0 aromatic heterocycles. The molecule has 0 saturated carbocycles. The maximum atomic E-state index is 9.20. The summed E-state index contributed by atoms with van der Waals surface area (Å²) in [4.78, 5) is 0. The van der Waals surface area contributed by atoms with E-state index >= 15 is 0 Å². The summed E-state index contributed by atoms with van der Waals surface area (Å²) in [5.41, 5.74) is 0. The molecule has 0 aromatic rings. The van der Waals surface area contributed by atoms with Crippen LogP contribution in [0.5, 0.6) is 0 Å². The molecule has 0 aromatic carbocycles. The molecule has 0 aliphatic carbocycles. The number of nitrogens with one attached hydrogen (secondary N) is 1. The third kappa shape index (κ3) is 6.32. The van der Waals surface area contributed by atoms with E-state index < -0.39 is 0 Å². The van der Waals surface area contributed by atoms with Crippen LogP contribution in [0.3, 0.4) is 0 Å². The average Bonchev–Trinajstić information content (AvgIpc) is 2.04. The summed E-state index contributed by atoms with van der Waals surface area (Å²) in [5.74, 6) is 0. The molecule has 2 N–H and O–H groups in total. The van der Waals surface area contributed by atoms with Gasteiger partial charge in [-0.25, -0.2) is 0 Å². The molecule has 2 heteroatoms. The Bertz CT molecular complexity index is 75.6. The van der Waals surface area contributed by atoms with Crippen molar-refractivity contribution in [2.24, 2.45) is 0 Å². The van der Waals surface area contributed by atoms with Crippen molar-refractivity contribution in [2.45, 2.75) is 52.2 Å². The van der Waals surface area contributed by atoms with E-state index in [1.807, 2.05) is 6.92 Å². The molecule has 0 aliphatic rings. The highest BCUT2D eigenvalue weighted by molar-refractivity contribution is 4.60. The number of aliphatic hydroxyl groups excluding tert-OH is 1. The molecule has 68 valence electrons. The second-order valence-electron chi connectivity index (χ2n) is 3.11. The van der Waals surface area contributed by atoms with Crippen molar-refractivity contribution in [1.29, 1.82) is 0 Å². The number of hydrogen-bond acceptors (Lipinski definition) is 2. The normalized spacial score (nSPS) is 16.4. The first-order valence-corrected chi connectivity index (χ1v) is 4.62. The zero-order chi connectivity index (χ0) is 8.69. The van der Waals surface area contributed by atoms with Crippen molar-refractivity contribution in [3.8, 4) is 0 Å². The monoisotopic (exact) mass is 159 g/mol. The lowest BCUT2D eigenvalue weighted by atomic mass is 10.2. The van der Waals surface area contributed by atoms with Gasteiger partial charge in [0.1, 0.15) is 0 Å². The van der Waals surface area contributed by atoms with Crippen molar-refractivity contribution in [1.82, 2.24) is 5.32 Å². The molecule has 0 bridgehead atoms. The molecule has 0 fully saturated rings. The highest BCUT2D eigenvalue weighted by atomic mass is 16.3. The van der Waals surface area contributed by atoms with E-state index in [0.29, 0.717) is 6.04 Å². The van der Waals surface area contributed by atoms with Gasteiger partial charge in [0.15, 0.2) is 0 Å². The van der Waals surface area contributed by atoms with Crippen molar-refractivity contribution in [2.75, 3.05) is 6.54 Å². The molecule has 2 unspecified atom stereocenters. The average molecular weight is 159 g/mol. The topological polar surface area (TPSA) is 32.3 Å². The van der Waals surface area contributed by atoms with Gasteiger partial charge in [0.2, 0.25) is 0 Å². The first-order valence-electron chi connectivity index (χ1n) is 4.62. The van der Waals surface area contributed by atoms with Crippen LogP contribution in [-0.4, -0.2) is 23.8 Å². The van der Waals surface area contributed by atoms with Gasteiger partial charge in [0.25, 0.3) is 0 Å². The lowest BCUT2D eigenvalue weighted by Gasteiger charge is -2.12.